The van der Waals surface area contributed by atoms with Crippen molar-refractivity contribution in [2.75, 3.05) is 12.1 Å². The molecular formula is C27H35N3O3. The lowest BCUT2D eigenvalue weighted by atomic mass is 10.1. The van der Waals surface area contributed by atoms with E-state index in [9.17, 15) is 0 Å². The number of aromatic nitrogens is 2. The van der Waals surface area contributed by atoms with Crippen molar-refractivity contribution in [1.29, 1.82) is 0 Å². The lowest BCUT2D eigenvalue weighted by Crippen LogP contribution is -1.99. The number of benzene rings is 2. The van der Waals surface area contributed by atoms with Crippen LogP contribution in [0.4, 0.5) is 5.69 Å². The first-order chi connectivity index (χ1) is 16.3. The fraction of sp³-hybridized carbons (Fsp3) is 0.481. The molecule has 6 nitrogen and oxygen atoms in total. The average molecular weight is 450 g/mol. The summed E-state index contributed by atoms with van der Waals surface area (Å²) in [5.74, 6) is 2.98. The molecule has 0 atom stereocenters. The van der Waals surface area contributed by atoms with E-state index in [-0.39, 0.29) is 6.79 Å². The molecule has 1 N–H and O–H groups in total. The largest absolute Gasteiger partial charge is 0.454 e. The van der Waals surface area contributed by atoms with Gasteiger partial charge < -0.3 is 19.3 Å². The summed E-state index contributed by atoms with van der Waals surface area (Å²) in [6.45, 7) is 3.27. The molecule has 0 amide bonds. The van der Waals surface area contributed by atoms with Crippen molar-refractivity contribution in [3.8, 4) is 23.0 Å². The Morgan fingerprint density at radius 2 is 1.55 bits per heavy atom. The Morgan fingerprint density at radius 3 is 2.33 bits per heavy atom. The molecule has 0 spiro atoms. The summed E-state index contributed by atoms with van der Waals surface area (Å²) < 4.78 is 16.3. The van der Waals surface area contributed by atoms with E-state index >= 15 is 0 Å². The Kier molecular flexibility index (Phi) is 8.62. The molecule has 0 radical (unpaired) electrons. The van der Waals surface area contributed by atoms with Crippen LogP contribution in [0.2, 0.25) is 0 Å². The zero-order valence-corrected chi connectivity index (χ0v) is 19.6. The SMILES string of the molecule is CCCCCCCCCCCc1noc(-c2ccc(CNc3ccc4c(c3)OCO4)cc2)n1. The van der Waals surface area contributed by atoms with Gasteiger partial charge in [0.25, 0.3) is 5.89 Å². The average Bonchev–Trinajstić information content (AvgIpc) is 3.51. The molecular weight excluding hydrogens is 414 g/mol. The van der Waals surface area contributed by atoms with Crippen LogP contribution in [0, 0.1) is 0 Å². The monoisotopic (exact) mass is 449 g/mol. The summed E-state index contributed by atoms with van der Waals surface area (Å²) in [4.78, 5) is 4.59. The summed E-state index contributed by atoms with van der Waals surface area (Å²) in [6.07, 6.45) is 12.7. The minimum Gasteiger partial charge on any atom is -0.454 e. The van der Waals surface area contributed by atoms with Crippen molar-refractivity contribution >= 4 is 5.69 Å². The quantitative estimate of drug-likeness (QED) is 0.264. The maximum Gasteiger partial charge on any atom is 0.257 e. The van der Waals surface area contributed by atoms with Gasteiger partial charge in [-0.2, -0.15) is 4.98 Å². The topological polar surface area (TPSA) is 69.4 Å². The number of rotatable bonds is 14. The van der Waals surface area contributed by atoms with Crippen LogP contribution in [0.3, 0.4) is 0 Å². The van der Waals surface area contributed by atoms with Crippen molar-refractivity contribution in [2.24, 2.45) is 0 Å². The van der Waals surface area contributed by atoms with Gasteiger partial charge in [0.2, 0.25) is 6.79 Å². The Balaban J connectivity index is 1.17. The third kappa shape index (κ3) is 6.98. The van der Waals surface area contributed by atoms with Crippen LogP contribution in [-0.4, -0.2) is 16.9 Å². The highest BCUT2D eigenvalue weighted by Gasteiger charge is 2.13. The first-order valence-corrected chi connectivity index (χ1v) is 12.4. The van der Waals surface area contributed by atoms with E-state index in [1.54, 1.807) is 0 Å². The molecule has 33 heavy (non-hydrogen) atoms. The standard InChI is InChI=1S/C27H35N3O3/c1-2-3-4-5-6-7-8-9-10-11-26-29-27(33-30-26)22-14-12-21(13-15-22)19-28-23-16-17-24-25(18-23)32-20-31-24/h12-18,28H,2-11,19-20H2,1H3. The highest BCUT2D eigenvalue weighted by Crippen LogP contribution is 2.34. The van der Waals surface area contributed by atoms with E-state index in [0.717, 1.165) is 41.4 Å². The predicted octanol–water partition coefficient (Wildman–Crippen LogP) is 7.15. The molecule has 176 valence electrons. The van der Waals surface area contributed by atoms with Crippen LogP contribution in [0.15, 0.2) is 47.0 Å². The third-order valence-electron chi connectivity index (χ3n) is 6.04. The second kappa shape index (κ2) is 12.3. The summed E-state index contributed by atoms with van der Waals surface area (Å²) in [6, 6.07) is 14.1. The van der Waals surface area contributed by atoms with Crippen LogP contribution in [0.1, 0.15) is 76.1 Å². The molecule has 0 fully saturated rings. The highest BCUT2D eigenvalue weighted by molar-refractivity contribution is 5.56. The smallest absolute Gasteiger partial charge is 0.257 e. The van der Waals surface area contributed by atoms with E-state index in [0.29, 0.717) is 12.4 Å². The Bertz CT molecular complexity index is 985. The Morgan fingerprint density at radius 1 is 0.818 bits per heavy atom. The van der Waals surface area contributed by atoms with Crippen molar-refractivity contribution < 1.29 is 14.0 Å². The van der Waals surface area contributed by atoms with Gasteiger partial charge in [0.15, 0.2) is 17.3 Å². The molecule has 2 aromatic carbocycles. The zero-order chi connectivity index (χ0) is 22.7. The van der Waals surface area contributed by atoms with E-state index in [2.05, 4.69) is 34.5 Å². The van der Waals surface area contributed by atoms with Crippen molar-refractivity contribution in [1.82, 2.24) is 10.1 Å². The molecule has 2 heterocycles. The van der Waals surface area contributed by atoms with Gasteiger partial charge in [-0.25, -0.2) is 0 Å². The van der Waals surface area contributed by atoms with Crippen molar-refractivity contribution in [3.05, 3.63) is 53.9 Å². The predicted molar refractivity (Wildman–Crippen MR) is 131 cm³/mol. The van der Waals surface area contributed by atoms with Crippen LogP contribution in [-0.2, 0) is 13.0 Å². The number of fused-ring (bicyclic) bond motifs is 1. The zero-order valence-electron chi connectivity index (χ0n) is 19.6. The summed E-state index contributed by atoms with van der Waals surface area (Å²) in [5, 5.41) is 7.58. The molecule has 0 bridgehead atoms. The first-order valence-electron chi connectivity index (χ1n) is 12.4. The van der Waals surface area contributed by atoms with Gasteiger partial charge in [0.05, 0.1) is 0 Å². The molecule has 0 unspecified atom stereocenters. The molecule has 0 aliphatic carbocycles. The second-order valence-corrected chi connectivity index (χ2v) is 8.71. The number of nitrogens with zero attached hydrogens (tertiary/aromatic N) is 2. The molecule has 1 aliphatic rings. The van der Waals surface area contributed by atoms with Crippen LogP contribution >= 0.6 is 0 Å². The van der Waals surface area contributed by atoms with E-state index in [4.69, 9.17) is 14.0 Å². The molecule has 1 aromatic heterocycles. The van der Waals surface area contributed by atoms with Gasteiger partial charge in [-0.05, 0) is 36.2 Å². The van der Waals surface area contributed by atoms with E-state index in [1.165, 1.54) is 56.9 Å². The number of nitrogens with one attached hydrogen (secondary N) is 1. The number of anilines is 1. The molecule has 3 aromatic rings. The van der Waals surface area contributed by atoms with E-state index in [1.807, 2.05) is 30.3 Å². The number of hydrogen-bond acceptors (Lipinski definition) is 6. The van der Waals surface area contributed by atoms with Gasteiger partial charge in [-0.3, -0.25) is 0 Å². The highest BCUT2D eigenvalue weighted by atomic mass is 16.7. The lowest BCUT2D eigenvalue weighted by molar-refractivity contribution is 0.174. The second-order valence-electron chi connectivity index (χ2n) is 8.71. The minimum absolute atomic E-state index is 0.289. The van der Waals surface area contributed by atoms with Crippen molar-refractivity contribution in [3.63, 3.8) is 0 Å². The van der Waals surface area contributed by atoms with Crippen molar-refractivity contribution in [2.45, 2.75) is 77.7 Å². The number of hydrogen-bond donors (Lipinski definition) is 1. The fourth-order valence-electron chi connectivity index (χ4n) is 4.04. The summed E-state index contributed by atoms with van der Waals surface area (Å²) in [5.41, 5.74) is 3.12. The number of aryl methyl sites for hydroxylation is 1. The molecule has 0 saturated carbocycles. The summed E-state index contributed by atoms with van der Waals surface area (Å²) in [7, 11) is 0. The number of ether oxygens (including phenoxy) is 2. The first kappa shape index (κ1) is 23.1. The van der Waals surface area contributed by atoms with E-state index < -0.39 is 0 Å². The van der Waals surface area contributed by atoms with Gasteiger partial charge in [0, 0.05) is 30.3 Å². The molecule has 6 heteroatoms. The third-order valence-corrected chi connectivity index (χ3v) is 6.04. The normalized spacial score (nSPS) is 12.3. The van der Waals surface area contributed by atoms with Crippen LogP contribution < -0.4 is 14.8 Å². The lowest BCUT2D eigenvalue weighted by Gasteiger charge is -2.07. The molecule has 1 aliphatic heterocycles. The Hall–Kier alpha value is -3.02. The van der Waals surface area contributed by atoms with Crippen LogP contribution in [0.5, 0.6) is 11.5 Å². The van der Waals surface area contributed by atoms with Gasteiger partial charge >= 0.3 is 0 Å². The molecule has 0 saturated heterocycles. The minimum atomic E-state index is 0.289. The van der Waals surface area contributed by atoms with Gasteiger partial charge in [0.1, 0.15) is 0 Å². The van der Waals surface area contributed by atoms with Gasteiger partial charge in [-0.1, -0.05) is 75.6 Å². The van der Waals surface area contributed by atoms with Crippen LogP contribution in [0.25, 0.3) is 11.5 Å². The summed E-state index contributed by atoms with van der Waals surface area (Å²) >= 11 is 0. The molecule has 4 rings (SSSR count). The Labute approximate surface area is 196 Å². The maximum absolute atomic E-state index is 5.49. The number of unbranched alkanes of at least 4 members (excludes halogenated alkanes) is 8. The maximum atomic E-state index is 5.49. The van der Waals surface area contributed by atoms with Gasteiger partial charge in [-0.15, -0.1) is 0 Å². The fourth-order valence-corrected chi connectivity index (χ4v) is 4.04.